The average molecular weight is 500 g/mol. The van der Waals surface area contributed by atoms with Crippen LogP contribution in [0.1, 0.15) is 48.2 Å². The van der Waals surface area contributed by atoms with Crippen molar-refractivity contribution in [3.8, 4) is 5.75 Å². The number of rotatable bonds is 7. The Morgan fingerprint density at radius 3 is 2.94 bits per heavy atom. The molecule has 4 heterocycles. The zero-order valence-corrected chi connectivity index (χ0v) is 21.1. The van der Waals surface area contributed by atoms with E-state index >= 15 is 0 Å². The molecule has 2 aliphatic rings. The molecule has 180 valence electrons. The van der Waals surface area contributed by atoms with Crippen molar-refractivity contribution in [2.45, 2.75) is 63.4 Å². The van der Waals surface area contributed by atoms with Crippen LogP contribution in [-0.4, -0.2) is 40.5 Å². The number of carbonyl (C=O) groups excluding carboxylic acids is 1. The highest BCUT2D eigenvalue weighted by Crippen LogP contribution is 2.32. The number of aryl methyl sites for hydroxylation is 2. The highest BCUT2D eigenvalue weighted by atomic mass is 32.2. The smallest absolute Gasteiger partial charge is 0.263 e. The van der Waals surface area contributed by atoms with Crippen LogP contribution in [0, 0.1) is 6.92 Å². The molecule has 2 unspecified atom stereocenters. The minimum atomic E-state index is -0.0821. The Kier molecular flexibility index (Phi) is 6.94. The van der Waals surface area contributed by atoms with Gasteiger partial charge in [-0.05, 0) is 37.8 Å². The number of benzene rings is 1. The Bertz CT molecular complexity index is 1260. The van der Waals surface area contributed by atoms with Crippen LogP contribution in [0.3, 0.4) is 0 Å². The fraction of sp³-hybridized carbons (Fsp3) is 0.480. The number of hydrogen-bond donors (Lipinski definition) is 1. The summed E-state index contributed by atoms with van der Waals surface area (Å²) in [4.78, 5) is 33.2. The van der Waals surface area contributed by atoms with Crippen molar-refractivity contribution in [3.05, 3.63) is 50.6 Å². The molecule has 0 saturated carbocycles. The van der Waals surface area contributed by atoms with E-state index in [1.54, 1.807) is 15.9 Å². The van der Waals surface area contributed by atoms with Gasteiger partial charge in [-0.15, -0.1) is 11.3 Å². The van der Waals surface area contributed by atoms with E-state index in [9.17, 15) is 9.59 Å². The Labute approximate surface area is 206 Å². The van der Waals surface area contributed by atoms with Gasteiger partial charge in [0.15, 0.2) is 5.16 Å². The molecule has 7 nitrogen and oxygen atoms in total. The van der Waals surface area contributed by atoms with E-state index in [1.165, 1.54) is 11.8 Å². The summed E-state index contributed by atoms with van der Waals surface area (Å²) in [6, 6.07) is 7.74. The summed E-state index contributed by atoms with van der Waals surface area (Å²) in [7, 11) is 0. The third-order valence-electron chi connectivity index (χ3n) is 6.47. The quantitative estimate of drug-likeness (QED) is 0.387. The maximum atomic E-state index is 13.6. The number of thioether (sulfide) groups is 1. The van der Waals surface area contributed by atoms with E-state index in [-0.39, 0.29) is 29.4 Å². The first-order chi connectivity index (χ1) is 16.5. The molecule has 3 aromatic rings. The first kappa shape index (κ1) is 23.4. The van der Waals surface area contributed by atoms with Crippen LogP contribution in [0.25, 0.3) is 10.2 Å². The van der Waals surface area contributed by atoms with Gasteiger partial charge in [0.25, 0.3) is 5.56 Å². The van der Waals surface area contributed by atoms with Gasteiger partial charge in [0.05, 0.1) is 36.4 Å². The van der Waals surface area contributed by atoms with Crippen LogP contribution in [0.4, 0.5) is 0 Å². The summed E-state index contributed by atoms with van der Waals surface area (Å²) in [6.07, 6.45) is 3.47. The van der Waals surface area contributed by atoms with E-state index in [4.69, 9.17) is 14.5 Å². The second-order valence-electron chi connectivity index (χ2n) is 8.70. The van der Waals surface area contributed by atoms with Crippen LogP contribution < -0.4 is 15.6 Å². The zero-order chi connectivity index (χ0) is 23.7. The van der Waals surface area contributed by atoms with Crippen LogP contribution in [0.15, 0.2) is 34.2 Å². The van der Waals surface area contributed by atoms with E-state index in [0.29, 0.717) is 18.3 Å². The van der Waals surface area contributed by atoms with E-state index in [1.807, 2.05) is 31.2 Å². The molecule has 5 rings (SSSR count). The van der Waals surface area contributed by atoms with Gasteiger partial charge < -0.3 is 14.8 Å². The van der Waals surface area contributed by atoms with Crippen molar-refractivity contribution in [1.29, 1.82) is 0 Å². The van der Waals surface area contributed by atoms with Gasteiger partial charge >= 0.3 is 0 Å². The second-order valence-corrected chi connectivity index (χ2v) is 10.8. The maximum Gasteiger partial charge on any atom is 0.263 e. The number of aromatic nitrogens is 2. The minimum Gasteiger partial charge on any atom is -0.493 e. The molecule has 0 spiro atoms. The van der Waals surface area contributed by atoms with Gasteiger partial charge in [0, 0.05) is 23.5 Å². The third-order valence-corrected chi connectivity index (χ3v) is 8.49. The lowest BCUT2D eigenvalue weighted by molar-refractivity contribution is -0.119. The maximum absolute atomic E-state index is 13.6. The molecule has 34 heavy (non-hydrogen) atoms. The number of para-hydroxylation sites is 1. The van der Waals surface area contributed by atoms with Gasteiger partial charge in [-0.25, -0.2) is 4.98 Å². The van der Waals surface area contributed by atoms with Crippen molar-refractivity contribution in [1.82, 2.24) is 14.9 Å². The Morgan fingerprint density at radius 2 is 2.15 bits per heavy atom. The molecular weight excluding hydrogens is 470 g/mol. The summed E-state index contributed by atoms with van der Waals surface area (Å²) in [5.74, 6) is 0.930. The van der Waals surface area contributed by atoms with Crippen LogP contribution >= 0.6 is 23.1 Å². The highest BCUT2D eigenvalue weighted by molar-refractivity contribution is 7.99. The fourth-order valence-electron chi connectivity index (χ4n) is 4.78. The van der Waals surface area contributed by atoms with Gasteiger partial charge in [0.2, 0.25) is 5.91 Å². The van der Waals surface area contributed by atoms with Crippen molar-refractivity contribution >= 4 is 39.2 Å². The predicted molar refractivity (Wildman–Crippen MR) is 135 cm³/mol. The van der Waals surface area contributed by atoms with Gasteiger partial charge in [-0.1, -0.05) is 36.9 Å². The summed E-state index contributed by atoms with van der Waals surface area (Å²) in [5, 5.41) is 4.44. The second kappa shape index (κ2) is 10.1. The SMILES string of the molecule is CCc1c(C)sc2nc(SCC(=O)NC3CCOc4ccccc43)n(CC3CCCO3)c(=O)c12. The summed E-state index contributed by atoms with van der Waals surface area (Å²) in [5.41, 5.74) is 2.05. The molecule has 1 amide bonds. The number of fused-ring (bicyclic) bond motifs is 2. The van der Waals surface area contributed by atoms with Crippen molar-refractivity contribution < 1.29 is 14.3 Å². The topological polar surface area (TPSA) is 82.4 Å². The van der Waals surface area contributed by atoms with Crippen LogP contribution in [-0.2, 0) is 22.5 Å². The Hall–Kier alpha value is -2.36. The Morgan fingerprint density at radius 1 is 1.29 bits per heavy atom. The van der Waals surface area contributed by atoms with E-state index < -0.39 is 0 Å². The lowest BCUT2D eigenvalue weighted by Crippen LogP contribution is -2.33. The van der Waals surface area contributed by atoms with Crippen LogP contribution in [0.2, 0.25) is 0 Å². The normalized spacial score (nSPS) is 19.7. The monoisotopic (exact) mass is 499 g/mol. The summed E-state index contributed by atoms with van der Waals surface area (Å²) in [6.45, 7) is 5.88. The number of carbonyl (C=O) groups is 1. The standard InChI is InChI=1S/C25H29N3O4S2/c1-3-17-15(2)34-23-22(17)24(30)28(13-16-7-6-11-31-16)25(27-23)33-14-21(29)26-19-10-12-32-20-9-5-4-8-18(19)20/h4-5,8-9,16,19H,3,6-7,10-14H2,1-2H3,(H,26,29). The lowest BCUT2D eigenvalue weighted by Gasteiger charge is -2.26. The van der Waals surface area contributed by atoms with Crippen molar-refractivity contribution in [2.75, 3.05) is 19.0 Å². The lowest BCUT2D eigenvalue weighted by atomic mass is 10.0. The number of amides is 1. The van der Waals surface area contributed by atoms with Crippen molar-refractivity contribution in [2.24, 2.45) is 0 Å². The molecule has 0 aliphatic carbocycles. The molecule has 1 saturated heterocycles. The molecule has 1 aromatic carbocycles. The van der Waals surface area contributed by atoms with Gasteiger partial charge in [-0.2, -0.15) is 0 Å². The number of thiophene rings is 1. The molecule has 2 aliphatic heterocycles. The first-order valence-corrected chi connectivity index (χ1v) is 13.6. The molecule has 1 fully saturated rings. The molecule has 1 N–H and O–H groups in total. The van der Waals surface area contributed by atoms with E-state index in [0.717, 1.165) is 64.3 Å². The third kappa shape index (κ3) is 4.61. The van der Waals surface area contributed by atoms with Crippen molar-refractivity contribution in [3.63, 3.8) is 0 Å². The molecule has 2 atom stereocenters. The first-order valence-electron chi connectivity index (χ1n) is 11.8. The number of hydrogen-bond acceptors (Lipinski definition) is 7. The van der Waals surface area contributed by atoms with Crippen LogP contribution in [0.5, 0.6) is 5.75 Å². The zero-order valence-electron chi connectivity index (χ0n) is 19.5. The predicted octanol–water partition coefficient (Wildman–Crippen LogP) is 4.24. The van der Waals surface area contributed by atoms with E-state index in [2.05, 4.69) is 12.2 Å². The largest absolute Gasteiger partial charge is 0.493 e. The Balaban J connectivity index is 1.38. The number of ether oxygens (including phenoxy) is 2. The minimum absolute atomic E-state index is 0.00803. The average Bonchev–Trinajstić information content (AvgIpc) is 3.47. The van der Waals surface area contributed by atoms with Gasteiger partial charge in [-0.3, -0.25) is 14.2 Å². The molecule has 0 bridgehead atoms. The number of nitrogens with zero attached hydrogens (tertiary/aromatic N) is 2. The molecule has 9 heteroatoms. The molecular formula is C25H29N3O4S2. The molecule has 0 radical (unpaired) electrons. The summed E-state index contributed by atoms with van der Waals surface area (Å²) >= 11 is 2.87. The number of nitrogens with one attached hydrogen (secondary N) is 1. The summed E-state index contributed by atoms with van der Waals surface area (Å²) < 4.78 is 13.2. The molecule has 2 aromatic heterocycles. The highest BCUT2D eigenvalue weighted by Gasteiger charge is 2.25. The fourth-order valence-corrected chi connectivity index (χ4v) is 6.75. The van der Waals surface area contributed by atoms with Gasteiger partial charge in [0.1, 0.15) is 10.6 Å².